The molecule has 0 aromatic heterocycles. The molecule has 2 rings (SSSR count). The van der Waals surface area contributed by atoms with Crippen molar-refractivity contribution in [3.8, 4) is 0 Å². The maximum Gasteiger partial charge on any atom is 0.215 e. The van der Waals surface area contributed by atoms with E-state index in [1.54, 1.807) is 6.92 Å². The van der Waals surface area contributed by atoms with Gasteiger partial charge in [-0.15, -0.1) is 0 Å². The second-order valence-corrected chi connectivity index (χ2v) is 9.97. The molecule has 1 heterocycles. The van der Waals surface area contributed by atoms with Gasteiger partial charge in [0.2, 0.25) is 10.0 Å². The van der Waals surface area contributed by atoms with Gasteiger partial charge in [0.25, 0.3) is 0 Å². The highest BCUT2D eigenvalue weighted by Gasteiger charge is 2.31. The first-order valence-electron chi connectivity index (χ1n) is 6.73. The number of nitrogens with one attached hydrogen (secondary N) is 2. The van der Waals surface area contributed by atoms with Crippen molar-refractivity contribution < 1.29 is 16.8 Å². The summed E-state index contributed by atoms with van der Waals surface area (Å²) in [5.41, 5.74) is 0. The van der Waals surface area contributed by atoms with E-state index in [9.17, 15) is 16.8 Å². The molecule has 2 unspecified atom stereocenters. The fourth-order valence-electron chi connectivity index (χ4n) is 2.19. The number of hydrogen-bond acceptors (Lipinski definition) is 5. The van der Waals surface area contributed by atoms with Crippen molar-refractivity contribution in [3.63, 3.8) is 0 Å². The van der Waals surface area contributed by atoms with Gasteiger partial charge in [-0.05, 0) is 32.6 Å². The van der Waals surface area contributed by atoms with Crippen molar-refractivity contribution >= 4 is 19.9 Å². The second kappa shape index (κ2) is 5.67. The zero-order valence-electron chi connectivity index (χ0n) is 11.1. The molecular weight excluding hydrogens is 288 g/mol. The summed E-state index contributed by atoms with van der Waals surface area (Å²) < 4.78 is 49.7. The Hall–Kier alpha value is -0.180. The van der Waals surface area contributed by atoms with Crippen LogP contribution in [0.4, 0.5) is 0 Å². The highest BCUT2D eigenvalue weighted by Crippen LogP contribution is 2.19. The molecule has 19 heavy (non-hydrogen) atoms. The average molecular weight is 310 g/mol. The topological polar surface area (TPSA) is 92.3 Å². The number of hydrogen-bond donors (Lipinski definition) is 2. The molecule has 2 fully saturated rings. The van der Waals surface area contributed by atoms with Crippen LogP contribution >= 0.6 is 0 Å². The molecule has 6 nitrogen and oxygen atoms in total. The van der Waals surface area contributed by atoms with Crippen LogP contribution in [0.15, 0.2) is 0 Å². The van der Waals surface area contributed by atoms with Gasteiger partial charge in [-0.3, -0.25) is 0 Å². The lowest BCUT2D eigenvalue weighted by atomic mass is 10.2. The zero-order chi connectivity index (χ0) is 14.1. The molecule has 8 heteroatoms. The Labute approximate surface area is 115 Å². The fourth-order valence-corrected chi connectivity index (χ4v) is 5.15. The minimum atomic E-state index is -3.45. The van der Waals surface area contributed by atoms with E-state index < -0.39 is 31.2 Å². The van der Waals surface area contributed by atoms with Gasteiger partial charge in [0.1, 0.15) is 0 Å². The minimum Gasteiger partial charge on any atom is -0.313 e. The van der Waals surface area contributed by atoms with Gasteiger partial charge in [0.05, 0.1) is 16.8 Å². The van der Waals surface area contributed by atoms with Crippen LogP contribution in [0.1, 0.15) is 32.6 Å². The van der Waals surface area contributed by atoms with Crippen molar-refractivity contribution in [2.45, 2.75) is 49.9 Å². The van der Waals surface area contributed by atoms with E-state index in [1.807, 2.05) is 0 Å². The molecule has 0 radical (unpaired) electrons. The second-order valence-electron chi connectivity index (χ2n) is 5.61. The summed E-state index contributed by atoms with van der Waals surface area (Å²) in [5, 5.41) is 2.63. The molecule has 2 atom stereocenters. The van der Waals surface area contributed by atoms with E-state index >= 15 is 0 Å². The third-order valence-corrected chi connectivity index (χ3v) is 7.30. The smallest absolute Gasteiger partial charge is 0.215 e. The van der Waals surface area contributed by atoms with Crippen molar-refractivity contribution in [2.24, 2.45) is 0 Å². The first kappa shape index (κ1) is 15.2. The lowest BCUT2D eigenvalue weighted by Gasteiger charge is -2.24. The summed E-state index contributed by atoms with van der Waals surface area (Å²) in [6.07, 6.45) is 3.35. The van der Waals surface area contributed by atoms with Crippen LogP contribution in [0.3, 0.4) is 0 Å². The Kier molecular flexibility index (Phi) is 4.54. The molecule has 112 valence electrons. The largest absolute Gasteiger partial charge is 0.313 e. The third-order valence-electron chi connectivity index (χ3n) is 3.60. The van der Waals surface area contributed by atoms with Gasteiger partial charge in [0.15, 0.2) is 9.84 Å². The number of rotatable bonds is 6. The van der Waals surface area contributed by atoms with Gasteiger partial charge in [0, 0.05) is 18.6 Å². The Bertz CT molecular complexity index is 511. The molecule has 0 bridgehead atoms. The van der Waals surface area contributed by atoms with E-state index in [2.05, 4.69) is 10.0 Å². The molecule has 1 aliphatic carbocycles. The van der Waals surface area contributed by atoms with Crippen molar-refractivity contribution in [1.82, 2.24) is 10.0 Å². The molecule has 2 N–H and O–H groups in total. The maximum absolute atomic E-state index is 12.1. The van der Waals surface area contributed by atoms with Gasteiger partial charge < -0.3 is 5.32 Å². The molecular formula is C11H22N2O4S2. The van der Waals surface area contributed by atoms with Crippen LogP contribution in [0.25, 0.3) is 0 Å². The SMILES string of the molecule is CC(CNC1CC1)S(=O)(=O)NC1CCCS(=O)(=O)C1. The van der Waals surface area contributed by atoms with Crippen LogP contribution in [0, 0.1) is 0 Å². The van der Waals surface area contributed by atoms with E-state index in [0.717, 1.165) is 12.8 Å². The predicted molar refractivity (Wildman–Crippen MR) is 74.2 cm³/mol. The van der Waals surface area contributed by atoms with Crippen LogP contribution in [0.5, 0.6) is 0 Å². The predicted octanol–water partition coefficient (Wildman–Crippen LogP) is -0.376. The van der Waals surface area contributed by atoms with E-state index in [1.165, 1.54) is 0 Å². The summed E-state index contributed by atoms with van der Waals surface area (Å²) in [5.74, 6) is 0.0963. The van der Waals surface area contributed by atoms with Gasteiger partial charge >= 0.3 is 0 Å². The highest BCUT2D eigenvalue weighted by molar-refractivity contribution is 7.91. The Balaban J connectivity index is 1.88. The Morgan fingerprint density at radius 1 is 1.21 bits per heavy atom. The number of sulfone groups is 1. The Morgan fingerprint density at radius 3 is 2.47 bits per heavy atom. The van der Waals surface area contributed by atoms with Gasteiger partial charge in [-0.25, -0.2) is 21.6 Å². The molecule has 1 aliphatic heterocycles. The van der Waals surface area contributed by atoms with E-state index in [4.69, 9.17) is 0 Å². The molecule has 1 saturated heterocycles. The molecule has 0 aromatic rings. The Morgan fingerprint density at radius 2 is 1.89 bits per heavy atom. The van der Waals surface area contributed by atoms with Gasteiger partial charge in [-0.2, -0.15) is 0 Å². The molecule has 2 aliphatic rings. The minimum absolute atomic E-state index is 0.0744. The van der Waals surface area contributed by atoms with E-state index in [0.29, 0.717) is 25.4 Å². The molecule has 0 amide bonds. The monoisotopic (exact) mass is 310 g/mol. The third kappa shape index (κ3) is 4.70. The summed E-state index contributed by atoms with van der Waals surface area (Å²) in [7, 11) is -6.54. The standard InChI is InChI=1S/C11H22N2O4S2/c1-9(7-12-10-4-5-10)19(16,17)13-11-3-2-6-18(14,15)8-11/h9-13H,2-8H2,1H3. The molecule has 0 spiro atoms. The molecule has 0 aromatic carbocycles. The van der Waals surface area contributed by atoms with Crippen LogP contribution in [-0.4, -0.2) is 52.2 Å². The highest BCUT2D eigenvalue weighted by atomic mass is 32.2. The lowest BCUT2D eigenvalue weighted by molar-refractivity contribution is 0.508. The quantitative estimate of drug-likeness (QED) is 0.698. The fraction of sp³-hybridized carbons (Fsp3) is 1.00. The first-order chi connectivity index (χ1) is 8.78. The normalized spacial score (nSPS) is 29.0. The van der Waals surface area contributed by atoms with E-state index in [-0.39, 0.29) is 11.5 Å². The van der Waals surface area contributed by atoms with Crippen molar-refractivity contribution in [1.29, 1.82) is 0 Å². The summed E-state index contributed by atoms with van der Waals surface area (Å²) in [6, 6.07) is -0.000154. The first-order valence-corrected chi connectivity index (χ1v) is 10.1. The van der Waals surface area contributed by atoms with Crippen LogP contribution in [0.2, 0.25) is 0 Å². The molecule has 1 saturated carbocycles. The summed E-state index contributed by atoms with van der Waals surface area (Å²) >= 11 is 0. The van der Waals surface area contributed by atoms with Crippen LogP contribution < -0.4 is 10.0 Å². The van der Waals surface area contributed by atoms with Crippen LogP contribution in [-0.2, 0) is 19.9 Å². The number of sulfonamides is 1. The summed E-state index contributed by atoms with van der Waals surface area (Å²) in [6.45, 7) is 2.06. The van der Waals surface area contributed by atoms with Gasteiger partial charge in [-0.1, -0.05) is 0 Å². The van der Waals surface area contributed by atoms with Crippen molar-refractivity contribution in [2.75, 3.05) is 18.1 Å². The van der Waals surface area contributed by atoms with Crippen molar-refractivity contribution in [3.05, 3.63) is 0 Å². The lowest BCUT2D eigenvalue weighted by Crippen LogP contribution is -2.48. The zero-order valence-corrected chi connectivity index (χ0v) is 12.8. The maximum atomic E-state index is 12.1. The average Bonchev–Trinajstić information content (AvgIpc) is 3.07. The summed E-state index contributed by atoms with van der Waals surface area (Å²) in [4.78, 5) is 0.